The van der Waals surface area contributed by atoms with Crippen molar-refractivity contribution >= 4 is 17.3 Å². The number of nitrogens with zero attached hydrogens (tertiary/aromatic N) is 1. The number of ether oxygens (including phenoxy) is 2. The fraction of sp³-hybridized carbons (Fsp3) is 0.0833. The van der Waals surface area contributed by atoms with Gasteiger partial charge in [-0.2, -0.15) is 4.98 Å². The molecule has 88 valence electrons. The van der Waals surface area contributed by atoms with E-state index in [0.717, 1.165) is 0 Å². The molecule has 2 aromatic rings. The molecule has 17 heavy (non-hydrogen) atoms. The summed E-state index contributed by atoms with van der Waals surface area (Å²) < 4.78 is 10.5. The van der Waals surface area contributed by atoms with Gasteiger partial charge in [0.15, 0.2) is 0 Å². The third kappa shape index (κ3) is 2.79. The van der Waals surface area contributed by atoms with Crippen molar-refractivity contribution in [2.24, 2.45) is 0 Å². The van der Waals surface area contributed by atoms with Crippen molar-refractivity contribution in [2.75, 3.05) is 12.8 Å². The first-order chi connectivity index (χ1) is 8.19. The predicted molar refractivity (Wildman–Crippen MR) is 66.7 cm³/mol. The first kappa shape index (κ1) is 11.5. The molecule has 0 aliphatic rings. The highest BCUT2D eigenvalue weighted by Gasteiger charge is 2.06. The molecule has 1 aromatic carbocycles. The molecule has 1 heterocycles. The quantitative estimate of drug-likeness (QED) is 0.909. The highest BCUT2D eigenvalue weighted by atomic mass is 35.5. The summed E-state index contributed by atoms with van der Waals surface area (Å²) >= 11 is 5.85. The molecular weight excluding hydrogens is 240 g/mol. The highest BCUT2D eigenvalue weighted by molar-refractivity contribution is 6.30. The van der Waals surface area contributed by atoms with E-state index < -0.39 is 0 Å². The Bertz CT molecular complexity index is 532. The molecule has 0 saturated carbocycles. The van der Waals surface area contributed by atoms with Crippen molar-refractivity contribution in [1.29, 1.82) is 0 Å². The Labute approximate surface area is 104 Å². The van der Waals surface area contributed by atoms with Crippen LogP contribution in [0.4, 0.5) is 5.69 Å². The Hall–Kier alpha value is -1.94. The van der Waals surface area contributed by atoms with Gasteiger partial charge in [-0.1, -0.05) is 17.7 Å². The van der Waals surface area contributed by atoms with E-state index in [1.54, 1.807) is 36.4 Å². The average molecular weight is 251 g/mol. The molecule has 0 spiro atoms. The van der Waals surface area contributed by atoms with Crippen LogP contribution in [0.25, 0.3) is 0 Å². The Morgan fingerprint density at radius 1 is 1.24 bits per heavy atom. The fourth-order valence-corrected chi connectivity index (χ4v) is 1.45. The van der Waals surface area contributed by atoms with Gasteiger partial charge in [-0.05, 0) is 24.3 Å². The van der Waals surface area contributed by atoms with Crippen LogP contribution >= 0.6 is 11.6 Å². The van der Waals surface area contributed by atoms with E-state index >= 15 is 0 Å². The first-order valence-electron chi connectivity index (χ1n) is 4.93. The second-order valence-electron chi connectivity index (χ2n) is 3.31. The van der Waals surface area contributed by atoms with Crippen LogP contribution in [0.2, 0.25) is 5.02 Å². The average Bonchev–Trinajstić information content (AvgIpc) is 2.32. The van der Waals surface area contributed by atoms with Crippen molar-refractivity contribution in [3.63, 3.8) is 0 Å². The molecule has 0 atom stereocenters. The summed E-state index contributed by atoms with van der Waals surface area (Å²) in [5.74, 6) is 1.31. The number of hydrogen-bond acceptors (Lipinski definition) is 4. The van der Waals surface area contributed by atoms with Gasteiger partial charge in [0.05, 0.1) is 12.8 Å². The van der Waals surface area contributed by atoms with Crippen molar-refractivity contribution < 1.29 is 9.47 Å². The molecule has 0 bridgehead atoms. The van der Waals surface area contributed by atoms with E-state index in [0.29, 0.717) is 28.2 Å². The Kier molecular flexibility index (Phi) is 3.35. The lowest BCUT2D eigenvalue weighted by atomic mass is 10.3. The van der Waals surface area contributed by atoms with Crippen LogP contribution in [0.3, 0.4) is 0 Å². The molecule has 0 fully saturated rings. The summed E-state index contributed by atoms with van der Waals surface area (Å²) in [7, 11) is 1.53. The van der Waals surface area contributed by atoms with Crippen LogP contribution < -0.4 is 15.2 Å². The number of anilines is 1. The van der Waals surface area contributed by atoms with E-state index in [4.69, 9.17) is 26.8 Å². The standard InChI is InChI=1S/C12H11ClN2O2/c1-16-11-6-5-10(14)12(15-11)17-9-4-2-3-8(13)7-9/h2-7H,14H2,1H3. The van der Waals surface area contributed by atoms with Gasteiger partial charge in [0.1, 0.15) is 5.75 Å². The monoisotopic (exact) mass is 250 g/mol. The number of methoxy groups -OCH3 is 1. The van der Waals surface area contributed by atoms with E-state index in [1.165, 1.54) is 7.11 Å². The smallest absolute Gasteiger partial charge is 0.246 e. The van der Waals surface area contributed by atoms with Crippen molar-refractivity contribution in [2.45, 2.75) is 0 Å². The SMILES string of the molecule is COc1ccc(N)c(Oc2cccc(Cl)c2)n1. The summed E-state index contributed by atoms with van der Waals surface area (Å²) in [6.07, 6.45) is 0. The number of aromatic nitrogens is 1. The highest BCUT2D eigenvalue weighted by Crippen LogP contribution is 2.28. The zero-order chi connectivity index (χ0) is 12.3. The van der Waals surface area contributed by atoms with Gasteiger partial charge >= 0.3 is 0 Å². The van der Waals surface area contributed by atoms with Crippen molar-refractivity contribution in [3.8, 4) is 17.5 Å². The van der Waals surface area contributed by atoms with Gasteiger partial charge < -0.3 is 15.2 Å². The Morgan fingerprint density at radius 2 is 2.06 bits per heavy atom. The summed E-state index contributed by atoms with van der Waals surface area (Å²) in [5.41, 5.74) is 6.19. The topological polar surface area (TPSA) is 57.4 Å². The minimum atomic E-state index is 0.298. The predicted octanol–water partition coefficient (Wildman–Crippen LogP) is 3.12. The number of rotatable bonds is 3. The van der Waals surface area contributed by atoms with Gasteiger partial charge in [0.25, 0.3) is 0 Å². The molecule has 2 rings (SSSR count). The van der Waals surface area contributed by atoms with Gasteiger partial charge in [0.2, 0.25) is 11.8 Å². The van der Waals surface area contributed by atoms with E-state index in [2.05, 4.69) is 4.98 Å². The number of benzene rings is 1. The van der Waals surface area contributed by atoms with E-state index in [1.807, 2.05) is 0 Å². The number of nitrogens with two attached hydrogens (primary N) is 1. The van der Waals surface area contributed by atoms with E-state index in [9.17, 15) is 0 Å². The minimum Gasteiger partial charge on any atom is -0.481 e. The lowest BCUT2D eigenvalue weighted by molar-refractivity contribution is 0.384. The van der Waals surface area contributed by atoms with Crippen LogP contribution in [0.1, 0.15) is 0 Å². The van der Waals surface area contributed by atoms with Crippen LogP contribution in [0, 0.1) is 0 Å². The van der Waals surface area contributed by atoms with E-state index in [-0.39, 0.29) is 0 Å². The number of pyridine rings is 1. The fourth-order valence-electron chi connectivity index (χ4n) is 1.27. The lowest BCUT2D eigenvalue weighted by Crippen LogP contribution is -1.97. The molecule has 0 aliphatic carbocycles. The minimum absolute atomic E-state index is 0.298. The third-order valence-corrected chi connectivity index (χ3v) is 2.32. The third-order valence-electron chi connectivity index (χ3n) is 2.08. The maximum atomic E-state index is 5.85. The molecule has 0 unspecified atom stereocenters. The largest absolute Gasteiger partial charge is 0.481 e. The zero-order valence-corrected chi connectivity index (χ0v) is 9.94. The second kappa shape index (κ2) is 4.93. The Balaban J connectivity index is 2.29. The number of hydrogen-bond donors (Lipinski definition) is 1. The molecular formula is C12H11ClN2O2. The van der Waals surface area contributed by atoms with Crippen LogP contribution in [-0.4, -0.2) is 12.1 Å². The van der Waals surface area contributed by atoms with Gasteiger partial charge in [-0.15, -0.1) is 0 Å². The molecule has 5 heteroatoms. The van der Waals surface area contributed by atoms with Crippen LogP contribution in [0.15, 0.2) is 36.4 Å². The second-order valence-corrected chi connectivity index (χ2v) is 3.74. The lowest BCUT2D eigenvalue weighted by Gasteiger charge is -2.08. The maximum absolute atomic E-state index is 5.85. The van der Waals surface area contributed by atoms with Gasteiger partial charge in [-0.25, -0.2) is 0 Å². The molecule has 0 saturated heterocycles. The normalized spacial score (nSPS) is 10.0. The molecule has 4 nitrogen and oxygen atoms in total. The molecule has 0 amide bonds. The molecule has 0 aliphatic heterocycles. The van der Waals surface area contributed by atoms with Crippen LogP contribution in [0.5, 0.6) is 17.5 Å². The van der Waals surface area contributed by atoms with Gasteiger partial charge in [0, 0.05) is 11.1 Å². The van der Waals surface area contributed by atoms with Crippen molar-refractivity contribution in [1.82, 2.24) is 4.98 Å². The van der Waals surface area contributed by atoms with Crippen LogP contribution in [-0.2, 0) is 0 Å². The zero-order valence-electron chi connectivity index (χ0n) is 9.18. The number of nitrogen functional groups attached to an aromatic ring is 1. The summed E-state index contributed by atoms with van der Waals surface area (Å²) in [5, 5.41) is 0.587. The molecule has 1 aromatic heterocycles. The van der Waals surface area contributed by atoms with Gasteiger partial charge in [-0.3, -0.25) is 0 Å². The molecule has 0 radical (unpaired) electrons. The first-order valence-corrected chi connectivity index (χ1v) is 5.31. The van der Waals surface area contributed by atoms with Crippen molar-refractivity contribution in [3.05, 3.63) is 41.4 Å². The Morgan fingerprint density at radius 3 is 2.76 bits per heavy atom. The summed E-state index contributed by atoms with van der Waals surface area (Å²) in [6, 6.07) is 10.3. The summed E-state index contributed by atoms with van der Waals surface area (Å²) in [4.78, 5) is 4.10. The maximum Gasteiger partial charge on any atom is 0.246 e. The number of halogens is 1. The summed E-state index contributed by atoms with van der Waals surface area (Å²) in [6.45, 7) is 0. The molecule has 2 N–H and O–H groups in total.